The average Bonchev–Trinajstić information content (AvgIpc) is 2.42. The van der Waals surface area contributed by atoms with E-state index < -0.39 is 0 Å². The monoisotopic (exact) mass is 203 g/mol. The second-order valence-corrected chi connectivity index (χ2v) is 4.09. The molecule has 0 N–H and O–H groups in total. The molecule has 0 aromatic heterocycles. The Kier molecular flexibility index (Phi) is 5.83. The van der Waals surface area contributed by atoms with E-state index in [1.165, 1.54) is 25.9 Å². The summed E-state index contributed by atoms with van der Waals surface area (Å²) in [5, 5.41) is 0. The summed E-state index contributed by atoms with van der Waals surface area (Å²) in [4.78, 5) is 2.51. The lowest BCUT2D eigenvalue weighted by Crippen LogP contribution is -2.32. The van der Waals surface area contributed by atoms with Gasteiger partial charge in [-0.25, -0.2) is 0 Å². The summed E-state index contributed by atoms with van der Waals surface area (Å²) in [6.07, 6.45) is 2.42. The van der Waals surface area contributed by atoms with E-state index >= 15 is 0 Å². The fourth-order valence-electron chi connectivity index (χ4n) is 1.66. The smallest absolute Gasteiger partial charge is 0.0593 e. The molecule has 13 heavy (non-hydrogen) atoms. The van der Waals surface area contributed by atoms with Crippen LogP contribution >= 0.6 is 12.6 Å². The largest absolute Gasteiger partial charge is 0.380 e. The van der Waals surface area contributed by atoms with Crippen LogP contribution < -0.4 is 0 Å². The van der Waals surface area contributed by atoms with Crippen molar-refractivity contribution in [1.82, 2.24) is 4.90 Å². The van der Waals surface area contributed by atoms with Crippen LogP contribution in [-0.2, 0) is 4.74 Å². The van der Waals surface area contributed by atoms with Crippen LogP contribution in [0.1, 0.15) is 19.8 Å². The second kappa shape index (κ2) is 6.68. The molecule has 0 aliphatic carbocycles. The van der Waals surface area contributed by atoms with E-state index in [4.69, 9.17) is 4.74 Å². The lowest BCUT2D eigenvalue weighted by Gasteiger charge is -2.23. The first-order valence-electron chi connectivity index (χ1n) is 5.27. The first kappa shape index (κ1) is 11.3. The van der Waals surface area contributed by atoms with Gasteiger partial charge >= 0.3 is 0 Å². The van der Waals surface area contributed by atoms with Crippen molar-refractivity contribution in [3.63, 3.8) is 0 Å². The summed E-state index contributed by atoms with van der Waals surface area (Å²) in [7, 11) is 0. The molecule has 0 amide bonds. The fourth-order valence-corrected chi connectivity index (χ4v) is 2.04. The standard InChI is InChI=1S/C10H21NOS/c1-2-10(9-13)8-11-4-3-6-12-7-5-11/h10,13H,2-9H2,1H3. The van der Waals surface area contributed by atoms with Crippen LogP contribution in [0.15, 0.2) is 0 Å². The highest BCUT2D eigenvalue weighted by Gasteiger charge is 2.13. The molecule has 0 radical (unpaired) electrons. The molecule has 1 unspecified atom stereocenters. The Balaban J connectivity index is 2.24. The maximum Gasteiger partial charge on any atom is 0.0593 e. The molecule has 1 atom stereocenters. The highest BCUT2D eigenvalue weighted by Crippen LogP contribution is 2.09. The van der Waals surface area contributed by atoms with E-state index in [0.717, 1.165) is 31.4 Å². The average molecular weight is 203 g/mol. The minimum Gasteiger partial charge on any atom is -0.380 e. The van der Waals surface area contributed by atoms with Crippen molar-refractivity contribution in [2.24, 2.45) is 5.92 Å². The molecular weight excluding hydrogens is 182 g/mol. The van der Waals surface area contributed by atoms with Gasteiger partial charge in [-0.05, 0) is 18.1 Å². The maximum absolute atomic E-state index is 5.41. The second-order valence-electron chi connectivity index (χ2n) is 3.72. The summed E-state index contributed by atoms with van der Waals surface area (Å²) in [5.41, 5.74) is 0. The van der Waals surface area contributed by atoms with Gasteiger partial charge in [-0.15, -0.1) is 0 Å². The van der Waals surface area contributed by atoms with Crippen molar-refractivity contribution >= 4 is 12.6 Å². The molecule has 0 bridgehead atoms. The zero-order valence-corrected chi connectivity index (χ0v) is 9.43. The summed E-state index contributed by atoms with van der Waals surface area (Å²) in [6.45, 7) is 7.59. The van der Waals surface area contributed by atoms with Crippen LogP contribution in [-0.4, -0.2) is 43.5 Å². The third kappa shape index (κ3) is 4.34. The predicted molar refractivity (Wildman–Crippen MR) is 59.5 cm³/mol. The molecule has 1 heterocycles. The molecule has 0 aromatic carbocycles. The third-order valence-corrected chi connectivity index (χ3v) is 3.18. The van der Waals surface area contributed by atoms with E-state index in [9.17, 15) is 0 Å². The number of hydrogen-bond donors (Lipinski definition) is 1. The van der Waals surface area contributed by atoms with Gasteiger partial charge in [0.25, 0.3) is 0 Å². The fraction of sp³-hybridized carbons (Fsp3) is 1.00. The van der Waals surface area contributed by atoms with Crippen molar-refractivity contribution in [2.45, 2.75) is 19.8 Å². The van der Waals surface area contributed by atoms with Crippen LogP contribution in [0.25, 0.3) is 0 Å². The highest BCUT2D eigenvalue weighted by molar-refractivity contribution is 7.80. The number of nitrogens with zero attached hydrogens (tertiary/aromatic N) is 1. The SMILES string of the molecule is CCC(CS)CN1CCCOCC1. The summed E-state index contributed by atoms with van der Waals surface area (Å²) >= 11 is 4.36. The van der Waals surface area contributed by atoms with Gasteiger partial charge in [-0.1, -0.05) is 13.3 Å². The first-order valence-corrected chi connectivity index (χ1v) is 5.91. The number of ether oxygens (including phenoxy) is 1. The van der Waals surface area contributed by atoms with E-state index in [1.807, 2.05) is 0 Å². The van der Waals surface area contributed by atoms with Crippen molar-refractivity contribution in [3.8, 4) is 0 Å². The molecule has 2 nitrogen and oxygen atoms in total. The Morgan fingerprint density at radius 1 is 1.38 bits per heavy atom. The zero-order chi connectivity index (χ0) is 9.52. The van der Waals surface area contributed by atoms with Gasteiger partial charge in [0, 0.05) is 26.2 Å². The summed E-state index contributed by atoms with van der Waals surface area (Å²) in [6, 6.07) is 0. The van der Waals surface area contributed by atoms with Crippen molar-refractivity contribution < 1.29 is 4.74 Å². The number of thiol groups is 1. The molecule has 0 aromatic rings. The minimum atomic E-state index is 0.751. The molecule has 1 rings (SSSR count). The van der Waals surface area contributed by atoms with Gasteiger partial charge in [0.2, 0.25) is 0 Å². The predicted octanol–water partition coefficient (Wildman–Crippen LogP) is 1.66. The molecule has 1 fully saturated rings. The molecule has 0 saturated carbocycles. The van der Waals surface area contributed by atoms with E-state index in [2.05, 4.69) is 24.5 Å². The van der Waals surface area contributed by atoms with Gasteiger partial charge in [0.1, 0.15) is 0 Å². The van der Waals surface area contributed by atoms with E-state index in [1.54, 1.807) is 0 Å². The Labute approximate surface area is 87.0 Å². The summed E-state index contributed by atoms with van der Waals surface area (Å²) in [5.74, 6) is 1.76. The Bertz CT molecular complexity index is 120. The Morgan fingerprint density at radius 2 is 2.23 bits per heavy atom. The quantitative estimate of drug-likeness (QED) is 0.698. The molecule has 1 aliphatic heterocycles. The van der Waals surface area contributed by atoms with Crippen LogP contribution in [0.3, 0.4) is 0 Å². The van der Waals surface area contributed by atoms with E-state index in [0.29, 0.717) is 0 Å². The van der Waals surface area contributed by atoms with Crippen LogP contribution in [0.2, 0.25) is 0 Å². The molecule has 1 aliphatic rings. The van der Waals surface area contributed by atoms with Crippen molar-refractivity contribution in [3.05, 3.63) is 0 Å². The molecule has 3 heteroatoms. The topological polar surface area (TPSA) is 12.5 Å². The van der Waals surface area contributed by atoms with E-state index in [-0.39, 0.29) is 0 Å². The van der Waals surface area contributed by atoms with Crippen LogP contribution in [0.4, 0.5) is 0 Å². The Morgan fingerprint density at radius 3 is 2.92 bits per heavy atom. The van der Waals surface area contributed by atoms with Gasteiger partial charge in [0.05, 0.1) is 6.61 Å². The normalized spacial score (nSPS) is 22.6. The lowest BCUT2D eigenvalue weighted by atomic mass is 10.1. The molecule has 1 saturated heterocycles. The highest BCUT2D eigenvalue weighted by atomic mass is 32.1. The Hall–Kier alpha value is 0.270. The zero-order valence-electron chi connectivity index (χ0n) is 8.54. The third-order valence-electron chi connectivity index (χ3n) is 2.67. The van der Waals surface area contributed by atoms with Gasteiger partial charge in [0.15, 0.2) is 0 Å². The minimum absolute atomic E-state index is 0.751. The number of rotatable bonds is 4. The van der Waals surface area contributed by atoms with Gasteiger partial charge in [-0.3, -0.25) is 0 Å². The lowest BCUT2D eigenvalue weighted by molar-refractivity contribution is 0.139. The maximum atomic E-state index is 5.41. The molecule has 78 valence electrons. The first-order chi connectivity index (χ1) is 6.36. The number of hydrogen-bond acceptors (Lipinski definition) is 3. The van der Waals surface area contributed by atoms with Crippen molar-refractivity contribution in [2.75, 3.05) is 38.6 Å². The van der Waals surface area contributed by atoms with Gasteiger partial charge in [-0.2, -0.15) is 12.6 Å². The van der Waals surface area contributed by atoms with Crippen molar-refractivity contribution in [1.29, 1.82) is 0 Å². The molecule has 0 spiro atoms. The van der Waals surface area contributed by atoms with Gasteiger partial charge < -0.3 is 9.64 Å². The van der Waals surface area contributed by atoms with Crippen LogP contribution in [0, 0.1) is 5.92 Å². The molecular formula is C10H21NOS. The summed E-state index contributed by atoms with van der Waals surface area (Å²) < 4.78 is 5.41. The van der Waals surface area contributed by atoms with Crippen LogP contribution in [0.5, 0.6) is 0 Å².